The fourth-order valence-corrected chi connectivity index (χ4v) is 1.45. The molecule has 0 saturated heterocycles. The van der Waals surface area contributed by atoms with E-state index in [1.54, 1.807) is 17.1 Å². The van der Waals surface area contributed by atoms with Crippen LogP contribution in [0.1, 0.15) is 27.2 Å². The molecule has 0 N–H and O–H groups in total. The van der Waals surface area contributed by atoms with Crippen LogP contribution in [-0.2, 0) is 9.59 Å². The molecule has 0 aliphatic rings. The van der Waals surface area contributed by atoms with Crippen molar-refractivity contribution in [2.45, 2.75) is 27.2 Å². The van der Waals surface area contributed by atoms with Gasteiger partial charge in [-0.15, -0.1) is 0 Å². The second kappa shape index (κ2) is 8.93. The van der Waals surface area contributed by atoms with Crippen LogP contribution in [0.2, 0.25) is 0 Å². The number of rotatable bonds is 8. The normalized spacial score (nSPS) is 11.1. The summed E-state index contributed by atoms with van der Waals surface area (Å²) >= 11 is 0. The number of likely N-dealkylation sites (N-methyl/N-ethyl adjacent to an activating group) is 2. The smallest absolute Gasteiger partial charge is 0.236 e. The summed E-state index contributed by atoms with van der Waals surface area (Å²) < 4.78 is 0. The van der Waals surface area contributed by atoms with E-state index >= 15 is 0 Å². The zero-order valence-electron chi connectivity index (χ0n) is 11.4. The van der Waals surface area contributed by atoms with Crippen LogP contribution < -0.4 is 0 Å². The van der Waals surface area contributed by atoms with Gasteiger partial charge in [-0.2, -0.15) is 0 Å². The number of carbonyl (C=O) groups is 2. The standard InChI is InChI=1S/C13H24N2O2/c1-5-12(16)9-8-10-14(4)11-13(17)15(6-2)7-3/h8-9H,5-7,10-11H2,1-4H3/b9-8+. The molecule has 0 atom stereocenters. The third-order valence-corrected chi connectivity index (χ3v) is 2.59. The summed E-state index contributed by atoms with van der Waals surface area (Å²) in [6.07, 6.45) is 3.92. The molecule has 4 nitrogen and oxygen atoms in total. The highest BCUT2D eigenvalue weighted by molar-refractivity contribution is 5.89. The van der Waals surface area contributed by atoms with Crippen LogP contribution in [-0.4, -0.2) is 54.7 Å². The number of allylic oxidation sites excluding steroid dienone is 1. The molecule has 0 bridgehead atoms. The first kappa shape index (κ1) is 15.8. The Labute approximate surface area is 104 Å². The summed E-state index contributed by atoms with van der Waals surface area (Å²) in [5, 5.41) is 0. The molecule has 0 aromatic rings. The maximum absolute atomic E-state index is 11.8. The Morgan fingerprint density at radius 2 is 1.71 bits per heavy atom. The second-order valence-corrected chi connectivity index (χ2v) is 3.99. The van der Waals surface area contributed by atoms with Gasteiger partial charge in [0.25, 0.3) is 0 Å². The third-order valence-electron chi connectivity index (χ3n) is 2.59. The zero-order valence-corrected chi connectivity index (χ0v) is 11.4. The van der Waals surface area contributed by atoms with Crippen molar-refractivity contribution in [3.05, 3.63) is 12.2 Å². The summed E-state index contributed by atoms with van der Waals surface area (Å²) in [4.78, 5) is 26.5. The minimum atomic E-state index is 0.119. The predicted molar refractivity (Wildman–Crippen MR) is 69.9 cm³/mol. The van der Waals surface area contributed by atoms with Gasteiger partial charge in [-0.05, 0) is 27.0 Å². The summed E-state index contributed by atoms with van der Waals surface area (Å²) in [5.74, 6) is 0.251. The molecule has 17 heavy (non-hydrogen) atoms. The first-order valence-electron chi connectivity index (χ1n) is 6.20. The van der Waals surface area contributed by atoms with Crippen molar-refractivity contribution in [1.82, 2.24) is 9.80 Å². The molecule has 1 amide bonds. The molecule has 0 rings (SSSR count). The Morgan fingerprint density at radius 1 is 1.12 bits per heavy atom. The molecule has 0 spiro atoms. The molecule has 0 unspecified atom stereocenters. The van der Waals surface area contributed by atoms with Gasteiger partial charge in [0.05, 0.1) is 6.54 Å². The van der Waals surface area contributed by atoms with E-state index < -0.39 is 0 Å². The van der Waals surface area contributed by atoms with Gasteiger partial charge >= 0.3 is 0 Å². The SMILES string of the molecule is CCC(=O)/C=C/CN(C)CC(=O)N(CC)CC. The van der Waals surface area contributed by atoms with E-state index in [1.807, 2.05) is 32.7 Å². The van der Waals surface area contributed by atoms with Gasteiger partial charge in [-0.25, -0.2) is 0 Å². The lowest BCUT2D eigenvalue weighted by molar-refractivity contribution is -0.131. The molecule has 0 saturated carbocycles. The zero-order chi connectivity index (χ0) is 13.3. The number of carbonyl (C=O) groups excluding carboxylic acids is 2. The molecule has 98 valence electrons. The van der Waals surface area contributed by atoms with Crippen molar-refractivity contribution >= 4 is 11.7 Å². The highest BCUT2D eigenvalue weighted by atomic mass is 16.2. The number of amides is 1. The van der Waals surface area contributed by atoms with E-state index in [4.69, 9.17) is 0 Å². The van der Waals surface area contributed by atoms with Crippen molar-refractivity contribution in [1.29, 1.82) is 0 Å². The molecule has 0 aromatic heterocycles. The maximum Gasteiger partial charge on any atom is 0.236 e. The maximum atomic E-state index is 11.8. The van der Waals surface area contributed by atoms with Gasteiger partial charge in [0.2, 0.25) is 5.91 Å². The minimum absolute atomic E-state index is 0.119. The van der Waals surface area contributed by atoms with E-state index in [2.05, 4.69) is 0 Å². The molecular formula is C13H24N2O2. The van der Waals surface area contributed by atoms with Gasteiger partial charge in [0.1, 0.15) is 0 Å². The number of hydrogen-bond acceptors (Lipinski definition) is 3. The highest BCUT2D eigenvalue weighted by Crippen LogP contribution is 1.93. The lowest BCUT2D eigenvalue weighted by Crippen LogP contribution is -2.38. The van der Waals surface area contributed by atoms with Crippen LogP contribution in [0.3, 0.4) is 0 Å². The molecule has 0 aliphatic carbocycles. The van der Waals surface area contributed by atoms with Gasteiger partial charge < -0.3 is 4.90 Å². The fourth-order valence-electron chi connectivity index (χ4n) is 1.45. The Hall–Kier alpha value is -1.16. The monoisotopic (exact) mass is 240 g/mol. The topological polar surface area (TPSA) is 40.6 Å². The second-order valence-electron chi connectivity index (χ2n) is 3.99. The van der Waals surface area contributed by atoms with Crippen molar-refractivity contribution in [2.24, 2.45) is 0 Å². The first-order chi connectivity index (χ1) is 8.04. The lowest BCUT2D eigenvalue weighted by atomic mass is 10.3. The van der Waals surface area contributed by atoms with Crippen LogP contribution in [0.4, 0.5) is 0 Å². The van der Waals surface area contributed by atoms with Crippen LogP contribution in [0, 0.1) is 0 Å². The molecular weight excluding hydrogens is 216 g/mol. The largest absolute Gasteiger partial charge is 0.342 e. The Kier molecular flexibility index (Phi) is 8.32. The highest BCUT2D eigenvalue weighted by Gasteiger charge is 2.11. The Morgan fingerprint density at radius 3 is 2.18 bits per heavy atom. The molecule has 0 aromatic carbocycles. The van der Waals surface area contributed by atoms with Crippen molar-refractivity contribution in [3.63, 3.8) is 0 Å². The van der Waals surface area contributed by atoms with Crippen LogP contribution in [0.15, 0.2) is 12.2 Å². The van der Waals surface area contributed by atoms with E-state index in [1.165, 1.54) is 0 Å². The summed E-state index contributed by atoms with van der Waals surface area (Å²) in [5.41, 5.74) is 0. The van der Waals surface area contributed by atoms with Gasteiger partial charge in [-0.3, -0.25) is 14.5 Å². The third kappa shape index (κ3) is 6.89. The van der Waals surface area contributed by atoms with E-state index in [9.17, 15) is 9.59 Å². The molecule has 0 fully saturated rings. The minimum Gasteiger partial charge on any atom is -0.342 e. The quantitative estimate of drug-likeness (QED) is 0.601. The number of nitrogens with zero attached hydrogens (tertiary/aromatic N) is 2. The van der Waals surface area contributed by atoms with Gasteiger partial charge in [0.15, 0.2) is 5.78 Å². The van der Waals surface area contributed by atoms with E-state index in [0.717, 1.165) is 13.1 Å². The molecule has 4 heteroatoms. The average molecular weight is 240 g/mol. The molecule has 0 aliphatic heterocycles. The van der Waals surface area contributed by atoms with Crippen LogP contribution in [0.25, 0.3) is 0 Å². The van der Waals surface area contributed by atoms with Gasteiger partial charge in [-0.1, -0.05) is 13.0 Å². The van der Waals surface area contributed by atoms with Gasteiger partial charge in [0, 0.05) is 26.1 Å². The van der Waals surface area contributed by atoms with Crippen LogP contribution >= 0.6 is 0 Å². The first-order valence-corrected chi connectivity index (χ1v) is 6.20. The average Bonchev–Trinajstić information content (AvgIpc) is 2.30. The summed E-state index contributed by atoms with van der Waals surface area (Å²) in [7, 11) is 1.88. The number of ketones is 1. The van der Waals surface area contributed by atoms with E-state index in [0.29, 0.717) is 19.5 Å². The number of hydrogen-bond donors (Lipinski definition) is 0. The Balaban J connectivity index is 4.01. The Bertz CT molecular complexity index is 271. The van der Waals surface area contributed by atoms with Crippen molar-refractivity contribution in [2.75, 3.05) is 33.2 Å². The van der Waals surface area contributed by atoms with E-state index in [-0.39, 0.29) is 11.7 Å². The summed E-state index contributed by atoms with van der Waals surface area (Å²) in [6, 6.07) is 0. The predicted octanol–water partition coefficient (Wildman–Crippen LogP) is 1.32. The van der Waals surface area contributed by atoms with Crippen LogP contribution in [0.5, 0.6) is 0 Å². The van der Waals surface area contributed by atoms with Crippen molar-refractivity contribution < 1.29 is 9.59 Å². The lowest BCUT2D eigenvalue weighted by Gasteiger charge is -2.22. The molecule has 0 heterocycles. The van der Waals surface area contributed by atoms with Crippen molar-refractivity contribution in [3.8, 4) is 0 Å². The summed E-state index contributed by atoms with van der Waals surface area (Å²) in [6.45, 7) is 8.29. The fraction of sp³-hybridized carbons (Fsp3) is 0.692. The molecule has 0 radical (unpaired) electrons.